The van der Waals surface area contributed by atoms with Crippen LogP contribution in [0.25, 0.3) is 0 Å². The minimum atomic E-state index is -2.17. The molecular weight excluding hydrogens is 1850 g/mol. The van der Waals surface area contributed by atoms with Gasteiger partial charge in [0.05, 0.1) is 90.1 Å². The van der Waals surface area contributed by atoms with Crippen LogP contribution in [-0.4, -0.2) is 332 Å². The highest BCUT2D eigenvalue weighted by Crippen LogP contribution is 2.71. The number of hydrogen-bond donors (Lipinski definition) is 2. The maximum absolute atomic E-state index is 17.6. The van der Waals surface area contributed by atoms with Crippen LogP contribution in [0, 0.1) is 93.7 Å². The van der Waals surface area contributed by atoms with Crippen molar-refractivity contribution in [2.24, 2.45) is 93.7 Å². The molecule has 37 heteroatoms. The molecule has 1 heterocycles. The number of aliphatic hydroxyl groups excluding tert-OH is 1. The van der Waals surface area contributed by atoms with Gasteiger partial charge in [-0.05, 0) is 143 Å². The van der Waals surface area contributed by atoms with Crippen LogP contribution in [0.1, 0.15) is 254 Å². The minimum Gasteiger partial charge on any atom is -0.463 e. The van der Waals surface area contributed by atoms with E-state index < -0.39 is 276 Å². The van der Waals surface area contributed by atoms with Gasteiger partial charge in [0, 0.05) is 115 Å². The lowest BCUT2D eigenvalue weighted by atomic mass is 9.44. The highest BCUT2D eigenvalue weighted by atomic mass is 19.1. The van der Waals surface area contributed by atoms with Crippen LogP contribution in [0.5, 0.6) is 0 Å². The number of fused-ring (bicyclic) bond motifs is 5. The number of Topliss-reactive ketones (excluding diaryl/α,β-unsaturated/α-hetero) is 5. The Morgan fingerprint density at radius 2 is 0.972 bits per heavy atom. The number of carbonyl (C=O) groups excluding carboxylic acids is 18. The Labute approximate surface area is 845 Å². The second kappa shape index (κ2) is 56.4. The molecule has 5 aliphatic rings. The predicted molar refractivity (Wildman–Crippen MR) is 526 cm³/mol. The summed E-state index contributed by atoms with van der Waals surface area (Å²) in [5.74, 6) is -20.0. The van der Waals surface area contributed by atoms with Crippen molar-refractivity contribution in [2.75, 3.05) is 122 Å². The molecule has 36 nitrogen and oxygen atoms in total. The Morgan fingerprint density at radius 1 is 0.510 bits per heavy atom. The van der Waals surface area contributed by atoms with Crippen molar-refractivity contribution in [3.63, 3.8) is 0 Å². The maximum atomic E-state index is 17.6. The smallest absolute Gasteiger partial charge is 0.463 e. The molecule has 5 rings (SSSR count). The topological polar surface area (TPSA) is 453 Å². The van der Waals surface area contributed by atoms with Crippen LogP contribution < -0.4 is 0 Å². The van der Waals surface area contributed by atoms with E-state index in [0.717, 1.165) is 9.80 Å². The van der Waals surface area contributed by atoms with Crippen LogP contribution in [0.4, 0.5) is 9.18 Å². The van der Waals surface area contributed by atoms with Gasteiger partial charge in [-0.2, -0.15) is 0 Å². The second-order valence-electron chi connectivity index (χ2n) is 43.0. The first-order valence-electron chi connectivity index (χ1n) is 51.1. The van der Waals surface area contributed by atoms with Crippen LogP contribution in [0.2, 0.25) is 0 Å². The van der Waals surface area contributed by atoms with Crippen LogP contribution in [0.3, 0.4) is 0 Å². The van der Waals surface area contributed by atoms with E-state index in [2.05, 4.69) is 0 Å². The van der Waals surface area contributed by atoms with Crippen LogP contribution in [0.15, 0.2) is 36.0 Å². The summed E-state index contributed by atoms with van der Waals surface area (Å²) in [5, 5.41) is 23.9. The molecule has 143 heavy (non-hydrogen) atoms. The third-order valence-electron chi connectivity index (χ3n) is 29.8. The lowest BCUT2D eigenvalue weighted by Crippen LogP contribution is -2.69. The van der Waals surface area contributed by atoms with Gasteiger partial charge in [0.1, 0.15) is 54.9 Å². The number of carbonyl (C=O) groups is 18. The summed E-state index contributed by atoms with van der Waals surface area (Å²) < 4.78 is 66.2. The van der Waals surface area contributed by atoms with E-state index in [1.165, 1.54) is 92.1 Å². The fourth-order valence-corrected chi connectivity index (χ4v) is 21.3. The number of alkyl halides is 1. The SMILES string of the molecule is C/C=C/C[C@@H](C)[C@@H](OC(=O)OCOC(=O)CCC(=O)OCCOCCOCCOCCOC(=O)CCC(=O)OCC(=O)[C@@]1(O)[C@H](C)CC2C3CCC4=CC(=O)C=C[C@]4(C)[C@@]3(F)[C@@H](O)C[C@@]21C)C1C(=O)CC(CC)C(=O)N(C)CC(=O)N(C)[C@@H](CC(C)C)C(=O)CC(C(C)C)C(=O)N(C)C(CC(C)C)C(=O)CC(C)C(=O)CC(C)C(=O)N(C)C(CC(C)C)C(=O)N(C)C(CC(C)C)C(=O)N(C)C(C(C)C)C(=O)N1C. The number of halogens is 1. The Kier molecular flexibility index (Phi) is 48.8. The Bertz CT molecular complexity index is 4510. The van der Waals surface area contributed by atoms with E-state index in [9.17, 15) is 77.3 Å². The molecule has 0 spiro atoms. The molecule has 0 aromatic rings. The highest BCUT2D eigenvalue weighted by Gasteiger charge is 2.76. The van der Waals surface area contributed by atoms with E-state index in [0.29, 0.717) is 18.4 Å². The molecule has 11 unspecified atom stereocenters. The van der Waals surface area contributed by atoms with Crippen LogP contribution in [-0.2, 0) is 124 Å². The van der Waals surface area contributed by atoms with E-state index >= 15 is 23.6 Å². The number of amides is 7. The zero-order chi connectivity index (χ0) is 108. The van der Waals surface area contributed by atoms with Crippen molar-refractivity contribution in [1.29, 1.82) is 0 Å². The average Bonchev–Trinajstić information content (AvgIpc) is 1.56. The molecule has 0 aromatic carbocycles. The van der Waals surface area contributed by atoms with Crippen molar-refractivity contribution in [3.8, 4) is 0 Å². The lowest BCUT2D eigenvalue weighted by molar-refractivity contribution is -0.220. The van der Waals surface area contributed by atoms with Crippen molar-refractivity contribution >= 4 is 106 Å². The van der Waals surface area contributed by atoms with E-state index in [1.807, 2.05) is 55.4 Å². The molecule has 7 amide bonds. The number of hydrogen-bond acceptors (Lipinski definition) is 29. The zero-order valence-electron chi connectivity index (χ0n) is 90.0. The number of allylic oxidation sites excluding steroid dienone is 6. The van der Waals surface area contributed by atoms with Gasteiger partial charge in [-0.25, -0.2) is 9.18 Å². The van der Waals surface area contributed by atoms with Gasteiger partial charge in [-0.15, -0.1) is 0 Å². The predicted octanol–water partition coefficient (Wildman–Crippen LogP) is 10.4. The largest absolute Gasteiger partial charge is 0.511 e. The number of esters is 4. The van der Waals surface area contributed by atoms with Gasteiger partial charge in [-0.3, -0.25) is 81.5 Å². The Balaban J connectivity index is 1.23. The maximum Gasteiger partial charge on any atom is 0.511 e. The molecule has 1 aliphatic heterocycles. The van der Waals surface area contributed by atoms with Gasteiger partial charge in [0.25, 0.3) is 0 Å². The molecule has 4 fully saturated rings. The van der Waals surface area contributed by atoms with Crippen molar-refractivity contribution in [3.05, 3.63) is 36.0 Å². The molecule has 1 saturated heterocycles. The Hall–Kier alpha value is -9.59. The molecule has 0 bridgehead atoms. The van der Waals surface area contributed by atoms with E-state index in [-0.39, 0.29) is 159 Å². The summed E-state index contributed by atoms with van der Waals surface area (Å²) in [6, 6.07) is -7.80. The number of ketones is 6. The normalized spacial score (nSPS) is 28.8. The fraction of sp³-hybridized carbons (Fsp3) is 0.774. The number of ether oxygens (including phenoxy) is 9. The number of rotatable bonds is 39. The minimum absolute atomic E-state index is 0.0151. The first-order chi connectivity index (χ1) is 66.8. The quantitative estimate of drug-likeness (QED) is 0.0190. The highest BCUT2D eigenvalue weighted by molar-refractivity contribution is 6.02. The lowest BCUT2D eigenvalue weighted by Gasteiger charge is -2.62. The second-order valence-corrected chi connectivity index (χ2v) is 43.0. The summed E-state index contributed by atoms with van der Waals surface area (Å²) in [6.07, 6.45) is 0.964. The molecule has 3 saturated carbocycles. The summed E-state index contributed by atoms with van der Waals surface area (Å²) in [7, 11) is 9.84. The van der Waals surface area contributed by atoms with Crippen molar-refractivity contribution in [1.82, 2.24) is 34.3 Å². The third-order valence-corrected chi connectivity index (χ3v) is 29.8. The molecule has 0 radical (unpaired) electrons. The first-order valence-corrected chi connectivity index (χ1v) is 51.1. The van der Waals surface area contributed by atoms with Crippen molar-refractivity contribution < 1.29 is 144 Å². The number of likely N-dealkylation sites (N-methyl/N-ethyl adjacent to an activating group) is 7. The van der Waals surface area contributed by atoms with Gasteiger partial charge in [-0.1, -0.05) is 148 Å². The third kappa shape index (κ3) is 32.5. The average molecular weight is 2020 g/mol. The van der Waals surface area contributed by atoms with E-state index in [1.54, 1.807) is 95.2 Å². The summed E-state index contributed by atoms with van der Waals surface area (Å²) in [6.45, 7) is 32.4. The summed E-state index contributed by atoms with van der Waals surface area (Å²) in [4.78, 5) is 266. The standard InChI is InChI=1S/C106H168FN7O29/c1-28-30-31-68(15)95(143-102(133)142-61-141-92(126)37-35-90(124)139-47-45-137-43-41-135-40-42-136-44-46-138-89(123)34-36-91(125)140-60-87(121)106(134)71(18)54-77-76-33-32-73-56-74(115)38-39-103(73,19)105(76,107)86(120)58-104(77,106)20)94-85(119)55-72(29-2)97(128)108(21)59-88(122)109(22)78(48-62(3)4)84(118)57-75(66(11)12)98(129)110(23)79(49-63(5)6)83(117)52-69(16)82(116)53-70(17)96(127)111(24)80(50-64(7)8)99(130)112(25)81(51-65(9)10)100(131)113(26)93(67(13)14)101(132)114(94)27/h28,30,38-39,56,62-72,75-81,86,93-95,120,134H,29,31-37,40-55,57-61H2,1-27H3/b30-28+/t68-,69?,70?,71-,72?,75?,76?,77?,78+,79?,80?,81?,86+,93?,94?,95-,103+,104+,105+,106+/m1/s1. The molecular formula is C106H168FN7O29. The van der Waals surface area contributed by atoms with Crippen LogP contribution >= 0.6 is 0 Å². The summed E-state index contributed by atoms with van der Waals surface area (Å²) >= 11 is 0. The molecule has 808 valence electrons. The van der Waals surface area contributed by atoms with E-state index in [4.69, 9.17) is 42.6 Å². The monoisotopic (exact) mass is 2020 g/mol. The fourth-order valence-electron chi connectivity index (χ4n) is 21.3. The number of nitrogens with zero attached hydrogens (tertiary/aromatic N) is 7. The van der Waals surface area contributed by atoms with Gasteiger partial charge >= 0.3 is 30.0 Å². The van der Waals surface area contributed by atoms with Gasteiger partial charge in [0.2, 0.25) is 53.9 Å². The first kappa shape index (κ1) is 124. The number of aliphatic hydroxyl groups is 2. The molecule has 4 aliphatic carbocycles. The van der Waals surface area contributed by atoms with Gasteiger partial charge < -0.3 is 87.1 Å². The molecule has 2 N–H and O–H groups in total. The van der Waals surface area contributed by atoms with Gasteiger partial charge in [0.15, 0.2) is 35.4 Å². The Morgan fingerprint density at radius 3 is 1.48 bits per heavy atom. The summed E-state index contributed by atoms with van der Waals surface area (Å²) in [5.41, 5.74) is -6.17. The van der Waals surface area contributed by atoms with Crippen molar-refractivity contribution in [2.45, 2.75) is 314 Å². The molecule has 0 aromatic heterocycles. The zero-order valence-corrected chi connectivity index (χ0v) is 90.0. The molecule has 20 atom stereocenters.